The summed E-state index contributed by atoms with van der Waals surface area (Å²) in [5, 5.41) is 3.16. The minimum atomic E-state index is -0.318. The molecule has 3 aliphatic carbocycles. The molecule has 22 heavy (non-hydrogen) atoms. The SMILES string of the molecule is CC1(C)C2(C(=O)NCc3ccccc3)CCC1(C(Br)Br)C2Br. The second-order valence-electron chi connectivity index (χ2n) is 6.97. The predicted molar refractivity (Wildman–Crippen MR) is 101 cm³/mol. The summed E-state index contributed by atoms with van der Waals surface area (Å²) >= 11 is 11.3. The zero-order valence-electron chi connectivity index (χ0n) is 12.7. The first-order valence-corrected chi connectivity index (χ1v) is 10.3. The summed E-state index contributed by atoms with van der Waals surface area (Å²) < 4.78 is 0.212. The third kappa shape index (κ3) is 1.91. The Hall–Kier alpha value is 0.130. The minimum absolute atomic E-state index is 0.0490. The van der Waals surface area contributed by atoms with Gasteiger partial charge in [-0.15, -0.1) is 0 Å². The molecule has 0 aromatic heterocycles. The van der Waals surface area contributed by atoms with Crippen LogP contribution in [0.2, 0.25) is 0 Å². The number of nitrogens with one attached hydrogen (secondary N) is 1. The number of carbonyl (C=O) groups is 1. The third-order valence-electron chi connectivity index (χ3n) is 6.19. The van der Waals surface area contributed by atoms with Gasteiger partial charge in [-0.05, 0) is 23.8 Å². The summed E-state index contributed by atoms with van der Waals surface area (Å²) in [4.78, 5) is 13.2. The van der Waals surface area contributed by atoms with Gasteiger partial charge in [0.25, 0.3) is 0 Å². The molecule has 3 saturated carbocycles. The first-order chi connectivity index (χ1) is 10.3. The van der Waals surface area contributed by atoms with Crippen LogP contribution in [0.1, 0.15) is 32.3 Å². The topological polar surface area (TPSA) is 29.1 Å². The highest BCUT2D eigenvalue weighted by Gasteiger charge is 2.83. The number of carbonyl (C=O) groups excluding carboxylic acids is 1. The lowest BCUT2D eigenvalue weighted by Gasteiger charge is -2.66. The van der Waals surface area contributed by atoms with Gasteiger partial charge in [-0.3, -0.25) is 4.79 Å². The van der Waals surface area contributed by atoms with Crippen LogP contribution in [0.5, 0.6) is 0 Å². The summed E-state index contributed by atoms with van der Waals surface area (Å²) in [6, 6.07) is 10.1. The maximum Gasteiger partial charge on any atom is 0.228 e. The van der Waals surface area contributed by atoms with Crippen LogP contribution < -0.4 is 5.32 Å². The van der Waals surface area contributed by atoms with Crippen LogP contribution in [0, 0.1) is 16.2 Å². The molecule has 1 amide bonds. The highest BCUT2D eigenvalue weighted by Crippen LogP contribution is 2.82. The van der Waals surface area contributed by atoms with E-state index in [1.807, 2.05) is 30.3 Å². The fourth-order valence-electron chi connectivity index (χ4n) is 4.63. The Kier molecular flexibility index (Phi) is 4.31. The van der Waals surface area contributed by atoms with Crippen molar-refractivity contribution in [1.29, 1.82) is 0 Å². The van der Waals surface area contributed by atoms with Crippen LogP contribution in [0.15, 0.2) is 30.3 Å². The van der Waals surface area contributed by atoms with E-state index in [-0.39, 0.29) is 30.7 Å². The van der Waals surface area contributed by atoms with Gasteiger partial charge in [0, 0.05) is 16.8 Å². The van der Waals surface area contributed by atoms with Crippen molar-refractivity contribution < 1.29 is 4.79 Å². The number of rotatable bonds is 4. The van der Waals surface area contributed by atoms with E-state index in [4.69, 9.17) is 0 Å². The highest BCUT2D eigenvalue weighted by molar-refractivity contribution is 9.24. The van der Waals surface area contributed by atoms with Gasteiger partial charge in [-0.1, -0.05) is 92.0 Å². The summed E-state index contributed by atoms with van der Waals surface area (Å²) in [6.07, 6.45) is 1.99. The predicted octanol–water partition coefficient (Wildman–Crippen LogP) is 4.99. The number of benzene rings is 1. The smallest absolute Gasteiger partial charge is 0.228 e. The van der Waals surface area contributed by atoms with E-state index < -0.39 is 0 Å². The number of alkyl halides is 3. The molecular formula is C17H20Br3NO. The van der Waals surface area contributed by atoms with Gasteiger partial charge in [0.1, 0.15) is 0 Å². The van der Waals surface area contributed by atoms with Gasteiger partial charge in [0.15, 0.2) is 0 Å². The average Bonchev–Trinajstić information content (AvgIpc) is 2.95. The number of halogens is 3. The molecule has 3 aliphatic rings. The van der Waals surface area contributed by atoms with Crippen LogP contribution in [-0.2, 0) is 11.3 Å². The first-order valence-electron chi connectivity index (χ1n) is 7.55. The van der Waals surface area contributed by atoms with Crippen LogP contribution in [0.25, 0.3) is 0 Å². The number of hydrogen-bond acceptors (Lipinski definition) is 1. The van der Waals surface area contributed by atoms with Crippen LogP contribution >= 0.6 is 47.8 Å². The van der Waals surface area contributed by atoms with Crippen molar-refractivity contribution in [3.05, 3.63) is 35.9 Å². The number of amides is 1. The number of hydrogen-bond donors (Lipinski definition) is 1. The fourth-order valence-corrected chi connectivity index (χ4v) is 9.55. The molecule has 1 aromatic carbocycles. The lowest BCUT2D eigenvalue weighted by atomic mass is 9.43. The fraction of sp³-hybridized carbons (Fsp3) is 0.588. The Balaban J connectivity index is 1.79. The molecule has 1 aromatic rings. The third-order valence-corrected chi connectivity index (χ3v) is 9.42. The van der Waals surface area contributed by atoms with Gasteiger partial charge in [-0.2, -0.15) is 0 Å². The molecule has 4 rings (SSSR count). The van der Waals surface area contributed by atoms with Crippen molar-refractivity contribution in [3.8, 4) is 0 Å². The Morgan fingerprint density at radius 3 is 2.41 bits per heavy atom. The molecule has 1 N–H and O–H groups in total. The van der Waals surface area contributed by atoms with E-state index in [9.17, 15) is 4.79 Å². The lowest BCUT2D eigenvalue weighted by molar-refractivity contribution is -0.161. The van der Waals surface area contributed by atoms with Crippen molar-refractivity contribution in [2.75, 3.05) is 0 Å². The van der Waals surface area contributed by atoms with E-state index in [1.54, 1.807) is 0 Å². The summed E-state index contributed by atoms with van der Waals surface area (Å²) in [7, 11) is 0. The zero-order chi connectivity index (χ0) is 16.2. The van der Waals surface area contributed by atoms with E-state index in [1.165, 1.54) is 0 Å². The van der Waals surface area contributed by atoms with E-state index in [0.717, 1.165) is 18.4 Å². The average molecular weight is 494 g/mol. The molecule has 3 atom stereocenters. The molecule has 0 heterocycles. The molecular weight excluding hydrogens is 474 g/mol. The van der Waals surface area contributed by atoms with E-state index >= 15 is 0 Å². The molecule has 120 valence electrons. The Morgan fingerprint density at radius 2 is 1.91 bits per heavy atom. The Morgan fingerprint density at radius 1 is 1.27 bits per heavy atom. The summed E-state index contributed by atoms with van der Waals surface area (Å²) in [5.74, 6) is 0.178. The van der Waals surface area contributed by atoms with Crippen LogP contribution in [0.4, 0.5) is 0 Å². The maximum atomic E-state index is 13.0. The van der Waals surface area contributed by atoms with Gasteiger partial charge in [-0.25, -0.2) is 0 Å². The van der Waals surface area contributed by atoms with Gasteiger partial charge >= 0.3 is 0 Å². The van der Waals surface area contributed by atoms with Gasteiger partial charge < -0.3 is 5.32 Å². The summed E-state index contributed by atoms with van der Waals surface area (Å²) in [6.45, 7) is 5.06. The molecule has 0 aliphatic heterocycles. The largest absolute Gasteiger partial charge is 0.351 e. The highest BCUT2D eigenvalue weighted by atomic mass is 79.9. The summed E-state index contributed by atoms with van der Waals surface area (Å²) in [5.41, 5.74) is 0.851. The molecule has 3 fully saturated rings. The molecule has 3 unspecified atom stereocenters. The van der Waals surface area contributed by atoms with Crippen molar-refractivity contribution >= 4 is 53.7 Å². The second-order valence-corrected chi connectivity index (χ2v) is 10.9. The minimum Gasteiger partial charge on any atom is -0.351 e. The van der Waals surface area contributed by atoms with Gasteiger partial charge in [0.2, 0.25) is 5.91 Å². The monoisotopic (exact) mass is 491 g/mol. The second kappa shape index (κ2) is 5.59. The van der Waals surface area contributed by atoms with Crippen LogP contribution in [-0.4, -0.2) is 14.5 Å². The lowest BCUT2D eigenvalue weighted by Crippen LogP contribution is -2.72. The zero-order valence-corrected chi connectivity index (χ0v) is 17.5. The Labute approximate surface area is 157 Å². The molecule has 5 heteroatoms. The number of fused-ring (bicyclic) bond motifs is 1. The normalized spacial score (nSPS) is 35.3. The standard InChI is InChI=1S/C17H20Br3NO/c1-15(2)16(13(19)20)8-9-17(15,12(16)18)14(22)21-10-11-6-4-3-5-7-11/h3-7,12-13H,8-10H2,1-2H3,(H,21,22). The molecule has 2 bridgehead atoms. The molecule has 0 spiro atoms. The van der Waals surface area contributed by atoms with E-state index in [2.05, 4.69) is 67.0 Å². The molecule has 2 nitrogen and oxygen atoms in total. The van der Waals surface area contributed by atoms with Crippen molar-refractivity contribution in [2.24, 2.45) is 16.2 Å². The van der Waals surface area contributed by atoms with Crippen molar-refractivity contribution in [3.63, 3.8) is 0 Å². The maximum absolute atomic E-state index is 13.0. The van der Waals surface area contributed by atoms with E-state index in [0.29, 0.717) is 6.54 Å². The van der Waals surface area contributed by atoms with Crippen molar-refractivity contribution in [1.82, 2.24) is 5.32 Å². The van der Waals surface area contributed by atoms with Crippen molar-refractivity contribution in [2.45, 2.75) is 41.8 Å². The quantitative estimate of drug-likeness (QED) is 0.588. The first kappa shape index (κ1) is 17.0. The Bertz CT molecular complexity index is 589. The molecule has 0 radical (unpaired) electrons. The molecule has 0 saturated heterocycles. The van der Waals surface area contributed by atoms with Crippen LogP contribution in [0.3, 0.4) is 0 Å². The van der Waals surface area contributed by atoms with Gasteiger partial charge in [0.05, 0.1) is 9.15 Å².